The molecule has 0 fully saturated rings. The first-order valence-electron chi connectivity index (χ1n) is 9.31. The molecule has 0 unspecified atom stereocenters. The molecule has 134 valence electrons. The van der Waals surface area contributed by atoms with E-state index in [-0.39, 0.29) is 0 Å². The Labute approximate surface area is 162 Å². The minimum atomic E-state index is 1.01. The SMILES string of the molecule is c1cc2c(s1)CN(Cc1cncc(CN3CCc4ccsc4C3)c1)CC2. The minimum Gasteiger partial charge on any atom is -0.294 e. The molecule has 2 aliphatic heterocycles. The number of thiophene rings is 2. The molecule has 0 N–H and O–H groups in total. The molecule has 5 heterocycles. The van der Waals surface area contributed by atoms with Gasteiger partial charge in [0.05, 0.1) is 0 Å². The van der Waals surface area contributed by atoms with Crippen LogP contribution >= 0.6 is 22.7 Å². The normalized spacial score (nSPS) is 17.8. The number of pyridine rings is 1. The van der Waals surface area contributed by atoms with Gasteiger partial charge in [-0.1, -0.05) is 6.07 Å². The molecule has 2 aliphatic rings. The summed E-state index contributed by atoms with van der Waals surface area (Å²) in [6.07, 6.45) is 6.45. The Balaban J connectivity index is 1.24. The smallest absolute Gasteiger partial charge is 0.0334 e. The Kier molecular flexibility index (Phi) is 4.63. The minimum absolute atomic E-state index is 1.01. The van der Waals surface area contributed by atoms with Crippen molar-refractivity contribution in [2.24, 2.45) is 0 Å². The van der Waals surface area contributed by atoms with Crippen molar-refractivity contribution in [1.82, 2.24) is 14.8 Å². The van der Waals surface area contributed by atoms with Gasteiger partial charge in [-0.15, -0.1) is 22.7 Å². The van der Waals surface area contributed by atoms with Crippen LogP contribution in [-0.4, -0.2) is 27.9 Å². The van der Waals surface area contributed by atoms with E-state index in [2.05, 4.69) is 43.7 Å². The molecule has 26 heavy (non-hydrogen) atoms. The fourth-order valence-corrected chi connectivity index (χ4v) is 6.03. The second-order valence-electron chi connectivity index (χ2n) is 7.36. The van der Waals surface area contributed by atoms with Gasteiger partial charge in [-0.05, 0) is 58.0 Å². The number of hydrogen-bond donors (Lipinski definition) is 0. The average molecular weight is 382 g/mol. The number of hydrogen-bond acceptors (Lipinski definition) is 5. The van der Waals surface area contributed by atoms with Crippen LogP contribution in [0.4, 0.5) is 0 Å². The molecule has 3 aromatic heterocycles. The lowest BCUT2D eigenvalue weighted by molar-refractivity contribution is 0.244. The van der Waals surface area contributed by atoms with Gasteiger partial charge in [0, 0.05) is 61.4 Å². The van der Waals surface area contributed by atoms with Crippen molar-refractivity contribution in [1.29, 1.82) is 0 Å². The molecular weight excluding hydrogens is 358 g/mol. The zero-order chi connectivity index (χ0) is 17.3. The van der Waals surface area contributed by atoms with Gasteiger partial charge in [0.2, 0.25) is 0 Å². The third-order valence-electron chi connectivity index (χ3n) is 5.47. The molecule has 5 rings (SSSR count). The van der Waals surface area contributed by atoms with Crippen LogP contribution in [0.25, 0.3) is 0 Å². The van der Waals surface area contributed by atoms with Gasteiger partial charge in [0.1, 0.15) is 0 Å². The molecule has 0 bridgehead atoms. The van der Waals surface area contributed by atoms with Gasteiger partial charge < -0.3 is 0 Å². The van der Waals surface area contributed by atoms with E-state index in [4.69, 9.17) is 0 Å². The van der Waals surface area contributed by atoms with E-state index >= 15 is 0 Å². The van der Waals surface area contributed by atoms with Gasteiger partial charge in [0.15, 0.2) is 0 Å². The molecule has 0 aromatic carbocycles. The van der Waals surface area contributed by atoms with Gasteiger partial charge in [-0.3, -0.25) is 14.8 Å². The highest BCUT2D eigenvalue weighted by Crippen LogP contribution is 2.26. The van der Waals surface area contributed by atoms with Crippen molar-refractivity contribution >= 4 is 22.7 Å². The highest BCUT2D eigenvalue weighted by Gasteiger charge is 2.19. The maximum Gasteiger partial charge on any atom is 0.0334 e. The van der Waals surface area contributed by atoms with E-state index in [1.54, 1.807) is 20.9 Å². The highest BCUT2D eigenvalue weighted by molar-refractivity contribution is 7.10. The molecule has 0 aliphatic carbocycles. The van der Waals surface area contributed by atoms with Crippen molar-refractivity contribution in [3.63, 3.8) is 0 Å². The third-order valence-corrected chi connectivity index (χ3v) is 7.36. The lowest BCUT2D eigenvalue weighted by Gasteiger charge is -2.28. The highest BCUT2D eigenvalue weighted by atomic mass is 32.1. The van der Waals surface area contributed by atoms with Crippen LogP contribution in [0.3, 0.4) is 0 Å². The first-order chi connectivity index (χ1) is 12.8. The van der Waals surface area contributed by atoms with Gasteiger partial charge in [-0.2, -0.15) is 0 Å². The predicted octanol–water partition coefficient (Wildman–Crippen LogP) is 4.32. The van der Waals surface area contributed by atoms with Gasteiger partial charge >= 0.3 is 0 Å². The fraction of sp³-hybridized carbons (Fsp3) is 0.381. The summed E-state index contributed by atoms with van der Waals surface area (Å²) in [7, 11) is 0. The summed E-state index contributed by atoms with van der Waals surface area (Å²) in [5, 5.41) is 4.46. The Morgan fingerprint density at radius 1 is 0.808 bits per heavy atom. The third kappa shape index (κ3) is 3.49. The van der Waals surface area contributed by atoms with Crippen LogP contribution in [0.1, 0.15) is 32.0 Å². The monoisotopic (exact) mass is 381 g/mol. The van der Waals surface area contributed by atoms with Crippen LogP contribution in [0.2, 0.25) is 0 Å². The Bertz CT molecular complexity index is 829. The van der Waals surface area contributed by atoms with Gasteiger partial charge in [0.25, 0.3) is 0 Å². The van der Waals surface area contributed by atoms with Crippen molar-refractivity contribution in [2.75, 3.05) is 13.1 Å². The number of nitrogens with zero attached hydrogens (tertiary/aromatic N) is 3. The van der Waals surface area contributed by atoms with Crippen molar-refractivity contribution < 1.29 is 0 Å². The molecule has 3 aromatic rings. The average Bonchev–Trinajstić information content (AvgIpc) is 3.30. The van der Waals surface area contributed by atoms with Crippen LogP contribution < -0.4 is 0 Å². The molecule has 0 atom stereocenters. The predicted molar refractivity (Wildman–Crippen MR) is 109 cm³/mol. The van der Waals surface area contributed by atoms with E-state index in [9.17, 15) is 0 Å². The molecule has 3 nitrogen and oxygen atoms in total. The Morgan fingerprint density at radius 2 is 1.35 bits per heavy atom. The summed E-state index contributed by atoms with van der Waals surface area (Å²) in [5.74, 6) is 0. The first-order valence-corrected chi connectivity index (χ1v) is 11.1. The van der Waals surface area contributed by atoms with Crippen molar-refractivity contribution in [3.8, 4) is 0 Å². The molecule has 0 saturated heterocycles. The molecule has 0 radical (unpaired) electrons. The standard InChI is InChI=1S/C21H23N3S2/c1-5-23(14-20-18(1)3-7-25-20)12-16-9-17(11-22-10-16)13-24-6-2-19-4-8-26-21(19)15-24/h3-4,7-11H,1-2,5-6,12-15H2. The van der Waals surface area contributed by atoms with E-state index in [1.165, 1.54) is 24.0 Å². The maximum absolute atomic E-state index is 4.54. The summed E-state index contributed by atoms with van der Waals surface area (Å²) in [6.45, 7) is 6.50. The molecular formula is C21H23N3S2. The maximum atomic E-state index is 4.54. The van der Waals surface area contributed by atoms with Gasteiger partial charge in [-0.25, -0.2) is 0 Å². The zero-order valence-corrected chi connectivity index (χ0v) is 16.5. The summed E-state index contributed by atoms with van der Waals surface area (Å²) < 4.78 is 0. The van der Waals surface area contributed by atoms with E-state index < -0.39 is 0 Å². The largest absolute Gasteiger partial charge is 0.294 e. The molecule has 0 amide bonds. The number of rotatable bonds is 4. The molecule has 0 spiro atoms. The summed E-state index contributed by atoms with van der Waals surface area (Å²) in [4.78, 5) is 12.7. The molecule has 5 heteroatoms. The zero-order valence-electron chi connectivity index (χ0n) is 14.9. The second-order valence-corrected chi connectivity index (χ2v) is 9.36. The summed E-state index contributed by atoms with van der Waals surface area (Å²) in [5.41, 5.74) is 5.79. The summed E-state index contributed by atoms with van der Waals surface area (Å²) in [6, 6.07) is 6.94. The van der Waals surface area contributed by atoms with Crippen molar-refractivity contribution in [3.05, 3.63) is 73.4 Å². The lowest BCUT2D eigenvalue weighted by atomic mass is 10.1. The van der Waals surface area contributed by atoms with E-state index in [1.807, 2.05) is 35.1 Å². The van der Waals surface area contributed by atoms with E-state index in [0.717, 1.165) is 39.3 Å². The Hall–Kier alpha value is -1.53. The molecule has 0 saturated carbocycles. The van der Waals surface area contributed by atoms with Crippen LogP contribution in [0.15, 0.2) is 41.4 Å². The van der Waals surface area contributed by atoms with Crippen LogP contribution in [0, 0.1) is 0 Å². The number of fused-ring (bicyclic) bond motifs is 2. The fourth-order valence-electron chi connectivity index (χ4n) is 4.08. The van der Waals surface area contributed by atoms with Crippen LogP contribution in [0.5, 0.6) is 0 Å². The van der Waals surface area contributed by atoms with E-state index in [0.29, 0.717) is 0 Å². The second kappa shape index (κ2) is 7.24. The number of aromatic nitrogens is 1. The summed E-state index contributed by atoms with van der Waals surface area (Å²) >= 11 is 3.80. The van der Waals surface area contributed by atoms with Crippen molar-refractivity contribution in [2.45, 2.75) is 39.0 Å². The quantitative estimate of drug-likeness (QED) is 0.671. The Morgan fingerprint density at radius 3 is 1.88 bits per heavy atom. The first kappa shape index (κ1) is 16.6. The van der Waals surface area contributed by atoms with Crippen LogP contribution in [-0.2, 0) is 39.0 Å². The topological polar surface area (TPSA) is 19.4 Å². The lowest BCUT2D eigenvalue weighted by Crippen LogP contribution is -2.30.